The molecular formula is C14H17N3O. The van der Waals surface area contributed by atoms with Gasteiger partial charge in [0.15, 0.2) is 5.82 Å². The van der Waals surface area contributed by atoms with Crippen molar-refractivity contribution >= 4 is 0 Å². The zero-order valence-electron chi connectivity index (χ0n) is 10.5. The molecule has 1 saturated carbocycles. The van der Waals surface area contributed by atoms with Gasteiger partial charge >= 0.3 is 0 Å². The van der Waals surface area contributed by atoms with Gasteiger partial charge in [0.1, 0.15) is 0 Å². The van der Waals surface area contributed by atoms with Crippen molar-refractivity contribution in [2.24, 2.45) is 5.92 Å². The van der Waals surface area contributed by atoms with Crippen molar-refractivity contribution in [3.8, 4) is 0 Å². The summed E-state index contributed by atoms with van der Waals surface area (Å²) in [6.07, 6.45) is 2.60. The van der Waals surface area contributed by atoms with Crippen molar-refractivity contribution in [3.63, 3.8) is 0 Å². The van der Waals surface area contributed by atoms with Crippen LogP contribution in [-0.4, -0.2) is 10.1 Å². The predicted octanol–water partition coefficient (Wildman–Crippen LogP) is 2.62. The monoisotopic (exact) mass is 243 g/mol. The highest BCUT2D eigenvalue weighted by Gasteiger charge is 2.32. The molecule has 4 nitrogen and oxygen atoms in total. The Morgan fingerprint density at radius 3 is 2.72 bits per heavy atom. The molecule has 1 fully saturated rings. The van der Waals surface area contributed by atoms with Gasteiger partial charge in [-0.2, -0.15) is 4.98 Å². The van der Waals surface area contributed by atoms with Gasteiger partial charge in [0.2, 0.25) is 5.89 Å². The lowest BCUT2D eigenvalue weighted by Gasteiger charge is -2.17. The average molecular weight is 243 g/mol. The summed E-state index contributed by atoms with van der Waals surface area (Å²) in [6, 6.07) is 11.0. The molecule has 4 heteroatoms. The van der Waals surface area contributed by atoms with Crippen molar-refractivity contribution in [1.82, 2.24) is 15.5 Å². The molecule has 1 heterocycles. The minimum atomic E-state index is 0.401. The van der Waals surface area contributed by atoms with Crippen LogP contribution >= 0.6 is 0 Å². The van der Waals surface area contributed by atoms with Crippen molar-refractivity contribution in [2.45, 2.75) is 32.4 Å². The molecule has 1 atom stereocenters. The third-order valence-corrected chi connectivity index (χ3v) is 3.29. The summed E-state index contributed by atoms with van der Waals surface area (Å²) in [5.74, 6) is 2.10. The molecule has 18 heavy (non-hydrogen) atoms. The maximum atomic E-state index is 5.13. The highest BCUT2D eigenvalue weighted by molar-refractivity contribution is 5.21. The van der Waals surface area contributed by atoms with Crippen LogP contribution in [0.15, 0.2) is 34.9 Å². The van der Waals surface area contributed by atoms with Crippen molar-refractivity contribution in [1.29, 1.82) is 0 Å². The van der Waals surface area contributed by atoms with Crippen LogP contribution in [0, 0.1) is 12.8 Å². The van der Waals surface area contributed by atoms with Crippen LogP contribution in [0.25, 0.3) is 0 Å². The van der Waals surface area contributed by atoms with E-state index in [9.17, 15) is 0 Å². The van der Waals surface area contributed by atoms with E-state index in [1.807, 2.05) is 6.92 Å². The molecule has 1 unspecified atom stereocenters. The Morgan fingerprint density at radius 1 is 1.33 bits per heavy atom. The van der Waals surface area contributed by atoms with Crippen LogP contribution in [0.3, 0.4) is 0 Å². The van der Waals surface area contributed by atoms with E-state index in [1.165, 1.54) is 18.4 Å². The van der Waals surface area contributed by atoms with E-state index in [0.717, 1.165) is 5.92 Å². The second-order valence-corrected chi connectivity index (χ2v) is 4.84. The molecule has 0 saturated heterocycles. The minimum Gasteiger partial charge on any atom is -0.338 e. The van der Waals surface area contributed by atoms with Gasteiger partial charge in [0, 0.05) is 6.04 Å². The van der Waals surface area contributed by atoms with Crippen molar-refractivity contribution < 1.29 is 4.52 Å². The van der Waals surface area contributed by atoms with Crippen LogP contribution in [0.5, 0.6) is 0 Å². The van der Waals surface area contributed by atoms with E-state index in [1.54, 1.807) is 0 Å². The Kier molecular flexibility index (Phi) is 3.11. The van der Waals surface area contributed by atoms with Crippen LogP contribution in [0.2, 0.25) is 0 Å². The van der Waals surface area contributed by atoms with E-state index >= 15 is 0 Å². The van der Waals surface area contributed by atoms with Crippen LogP contribution in [0.1, 0.15) is 36.2 Å². The molecule has 1 aromatic carbocycles. The molecule has 0 amide bonds. The van der Waals surface area contributed by atoms with E-state index in [4.69, 9.17) is 4.52 Å². The van der Waals surface area contributed by atoms with Crippen molar-refractivity contribution in [2.75, 3.05) is 0 Å². The van der Waals surface area contributed by atoms with Gasteiger partial charge in [-0.15, -0.1) is 0 Å². The lowest BCUT2D eigenvalue weighted by Crippen LogP contribution is -2.22. The number of hydrogen-bond donors (Lipinski definition) is 1. The summed E-state index contributed by atoms with van der Waals surface area (Å²) in [5.41, 5.74) is 1.34. The summed E-state index contributed by atoms with van der Waals surface area (Å²) in [4.78, 5) is 4.22. The van der Waals surface area contributed by atoms with Crippen LogP contribution in [0.4, 0.5) is 0 Å². The predicted molar refractivity (Wildman–Crippen MR) is 67.8 cm³/mol. The second-order valence-electron chi connectivity index (χ2n) is 4.84. The topological polar surface area (TPSA) is 51.0 Å². The first-order chi connectivity index (χ1) is 8.83. The Hall–Kier alpha value is -1.68. The Balaban J connectivity index is 1.68. The zero-order valence-corrected chi connectivity index (χ0v) is 10.5. The maximum absolute atomic E-state index is 5.13. The number of nitrogens with zero attached hydrogens (tertiary/aromatic N) is 2. The standard InChI is InChI=1S/C14H17N3O/c1-10-16-13(18-17-10)9-15-14(12-7-8-12)11-5-3-2-4-6-11/h2-6,12,14-15H,7-9H2,1H3. The molecular weight excluding hydrogens is 226 g/mol. The number of nitrogens with one attached hydrogen (secondary N) is 1. The van der Waals surface area contributed by atoms with E-state index in [2.05, 4.69) is 45.8 Å². The number of aryl methyl sites for hydroxylation is 1. The molecule has 0 spiro atoms. The molecule has 0 aliphatic heterocycles. The molecule has 1 aliphatic rings. The first-order valence-corrected chi connectivity index (χ1v) is 6.40. The number of aromatic nitrogens is 2. The van der Waals surface area contributed by atoms with Crippen LogP contribution in [-0.2, 0) is 6.54 Å². The van der Waals surface area contributed by atoms with Crippen LogP contribution < -0.4 is 5.32 Å². The van der Waals surface area contributed by atoms with Gasteiger partial charge in [0.05, 0.1) is 6.54 Å². The fourth-order valence-corrected chi connectivity index (χ4v) is 2.26. The van der Waals surface area contributed by atoms with E-state index in [0.29, 0.717) is 24.3 Å². The largest absolute Gasteiger partial charge is 0.338 e. The zero-order chi connectivity index (χ0) is 12.4. The number of rotatable bonds is 5. The SMILES string of the molecule is Cc1noc(CNC(c2ccccc2)C2CC2)n1. The first kappa shape index (κ1) is 11.4. The third kappa shape index (κ3) is 2.59. The number of benzene rings is 1. The van der Waals surface area contributed by atoms with Gasteiger partial charge < -0.3 is 9.84 Å². The molecule has 1 N–H and O–H groups in total. The van der Waals surface area contributed by atoms with Gasteiger partial charge in [-0.3, -0.25) is 0 Å². The maximum Gasteiger partial charge on any atom is 0.240 e. The smallest absolute Gasteiger partial charge is 0.240 e. The van der Waals surface area contributed by atoms with Gasteiger partial charge in [-0.1, -0.05) is 35.5 Å². The van der Waals surface area contributed by atoms with E-state index < -0.39 is 0 Å². The Bertz CT molecular complexity index is 505. The average Bonchev–Trinajstić information content (AvgIpc) is 3.14. The fraction of sp³-hybridized carbons (Fsp3) is 0.429. The van der Waals surface area contributed by atoms with E-state index in [-0.39, 0.29) is 0 Å². The first-order valence-electron chi connectivity index (χ1n) is 6.40. The number of hydrogen-bond acceptors (Lipinski definition) is 4. The molecule has 1 aromatic heterocycles. The third-order valence-electron chi connectivity index (χ3n) is 3.29. The van der Waals surface area contributed by atoms with Gasteiger partial charge in [-0.25, -0.2) is 0 Å². The Labute approximate surface area is 106 Å². The highest BCUT2D eigenvalue weighted by atomic mass is 16.5. The molecule has 0 bridgehead atoms. The van der Waals surface area contributed by atoms with Gasteiger partial charge in [-0.05, 0) is 31.2 Å². The molecule has 0 radical (unpaired) electrons. The quantitative estimate of drug-likeness (QED) is 0.877. The molecule has 3 rings (SSSR count). The minimum absolute atomic E-state index is 0.401. The van der Waals surface area contributed by atoms with Gasteiger partial charge in [0.25, 0.3) is 0 Å². The second kappa shape index (κ2) is 4.90. The lowest BCUT2D eigenvalue weighted by molar-refractivity contribution is 0.349. The summed E-state index contributed by atoms with van der Waals surface area (Å²) < 4.78 is 5.13. The van der Waals surface area contributed by atoms with Crippen molar-refractivity contribution in [3.05, 3.63) is 47.6 Å². The highest BCUT2D eigenvalue weighted by Crippen LogP contribution is 2.40. The summed E-state index contributed by atoms with van der Waals surface area (Å²) >= 11 is 0. The normalized spacial score (nSPS) is 16.7. The Morgan fingerprint density at radius 2 is 2.11 bits per heavy atom. The molecule has 2 aromatic rings. The summed E-state index contributed by atoms with van der Waals surface area (Å²) in [7, 11) is 0. The summed E-state index contributed by atoms with van der Waals surface area (Å²) in [6.45, 7) is 2.47. The molecule has 1 aliphatic carbocycles. The fourth-order valence-electron chi connectivity index (χ4n) is 2.26. The molecule has 94 valence electrons. The summed E-state index contributed by atoms with van der Waals surface area (Å²) in [5, 5.41) is 7.33. The lowest BCUT2D eigenvalue weighted by atomic mass is 10.0.